The van der Waals surface area contributed by atoms with Gasteiger partial charge < -0.3 is 5.73 Å². The molecule has 1 aliphatic rings. The fourth-order valence-corrected chi connectivity index (χ4v) is 2.58. The summed E-state index contributed by atoms with van der Waals surface area (Å²) in [6.45, 7) is 5.34. The first kappa shape index (κ1) is 12.6. The van der Waals surface area contributed by atoms with Crippen molar-refractivity contribution in [3.8, 4) is 0 Å². The molecule has 1 aromatic carbocycles. The third kappa shape index (κ3) is 3.55. The first-order chi connectivity index (χ1) is 8.29. The number of hydrogen-bond donors (Lipinski definition) is 1. The van der Waals surface area contributed by atoms with Crippen LogP contribution < -0.4 is 5.73 Å². The molecule has 2 rings (SSSR count). The Balaban J connectivity index is 1.98. The number of nitrogens with two attached hydrogens (primary N) is 1. The van der Waals surface area contributed by atoms with Crippen molar-refractivity contribution in [2.75, 3.05) is 6.54 Å². The van der Waals surface area contributed by atoms with E-state index in [1.807, 2.05) is 0 Å². The zero-order valence-corrected chi connectivity index (χ0v) is 10.9. The lowest BCUT2D eigenvalue weighted by molar-refractivity contribution is 0.205. The molecular weight excluding hydrogens is 208 g/mol. The lowest BCUT2D eigenvalue weighted by Gasteiger charge is -2.26. The molecule has 1 atom stereocenters. The Labute approximate surface area is 105 Å². The van der Waals surface area contributed by atoms with Gasteiger partial charge in [0, 0.05) is 19.1 Å². The lowest BCUT2D eigenvalue weighted by atomic mass is 10.1. The van der Waals surface area contributed by atoms with Crippen molar-refractivity contribution >= 4 is 0 Å². The second kappa shape index (κ2) is 6.18. The summed E-state index contributed by atoms with van der Waals surface area (Å²) in [5, 5.41) is 0. The molecule has 2 nitrogen and oxygen atoms in total. The normalized spacial score (nSPS) is 22.4. The van der Waals surface area contributed by atoms with Gasteiger partial charge in [0.2, 0.25) is 0 Å². The quantitative estimate of drug-likeness (QED) is 0.868. The number of hydrogen-bond acceptors (Lipinski definition) is 2. The van der Waals surface area contributed by atoms with Crippen molar-refractivity contribution in [3.05, 3.63) is 35.4 Å². The van der Waals surface area contributed by atoms with Crippen molar-refractivity contribution in [3.63, 3.8) is 0 Å². The molecule has 94 valence electrons. The Hall–Kier alpha value is -0.860. The lowest BCUT2D eigenvalue weighted by Crippen LogP contribution is -2.31. The van der Waals surface area contributed by atoms with E-state index < -0.39 is 0 Å². The zero-order chi connectivity index (χ0) is 12.1. The largest absolute Gasteiger partial charge is 0.326 e. The summed E-state index contributed by atoms with van der Waals surface area (Å²) in [5.74, 6) is 0. The third-order valence-corrected chi connectivity index (χ3v) is 3.83. The van der Waals surface area contributed by atoms with Crippen molar-refractivity contribution in [2.45, 2.75) is 51.7 Å². The molecule has 1 aliphatic heterocycles. The number of benzene rings is 1. The van der Waals surface area contributed by atoms with Gasteiger partial charge in [-0.25, -0.2) is 0 Å². The minimum atomic E-state index is 0.639. The molecule has 1 saturated heterocycles. The Morgan fingerprint density at radius 1 is 1.12 bits per heavy atom. The highest BCUT2D eigenvalue weighted by molar-refractivity contribution is 5.22. The number of nitrogens with zero attached hydrogens (tertiary/aromatic N) is 1. The summed E-state index contributed by atoms with van der Waals surface area (Å²) in [5.41, 5.74) is 8.25. The van der Waals surface area contributed by atoms with Crippen molar-refractivity contribution < 1.29 is 0 Å². The summed E-state index contributed by atoms with van der Waals surface area (Å²) in [4.78, 5) is 2.62. The van der Waals surface area contributed by atoms with Crippen LogP contribution in [0.2, 0.25) is 0 Å². The van der Waals surface area contributed by atoms with Crippen molar-refractivity contribution in [1.82, 2.24) is 4.90 Å². The van der Waals surface area contributed by atoms with Crippen LogP contribution in [0.3, 0.4) is 0 Å². The van der Waals surface area contributed by atoms with Gasteiger partial charge in [-0.05, 0) is 37.4 Å². The van der Waals surface area contributed by atoms with Gasteiger partial charge in [-0.1, -0.05) is 37.1 Å². The fraction of sp³-hybridized carbons (Fsp3) is 0.600. The van der Waals surface area contributed by atoms with Gasteiger partial charge in [-0.15, -0.1) is 0 Å². The van der Waals surface area contributed by atoms with Gasteiger partial charge in [-0.2, -0.15) is 0 Å². The first-order valence-electron chi connectivity index (χ1n) is 6.81. The smallest absolute Gasteiger partial charge is 0.0236 e. The molecular formula is C15H24N2. The molecule has 0 aromatic heterocycles. The maximum atomic E-state index is 5.62. The van der Waals surface area contributed by atoms with Crippen molar-refractivity contribution in [1.29, 1.82) is 0 Å². The molecule has 2 heteroatoms. The molecule has 0 saturated carbocycles. The second-order valence-electron chi connectivity index (χ2n) is 5.19. The molecule has 0 bridgehead atoms. The van der Waals surface area contributed by atoms with Crippen molar-refractivity contribution in [2.24, 2.45) is 5.73 Å². The van der Waals surface area contributed by atoms with Crippen LogP contribution in [0.4, 0.5) is 0 Å². The van der Waals surface area contributed by atoms with Gasteiger partial charge >= 0.3 is 0 Å². The van der Waals surface area contributed by atoms with Gasteiger partial charge in [0.05, 0.1) is 0 Å². The minimum Gasteiger partial charge on any atom is -0.326 e. The molecule has 0 amide bonds. The Morgan fingerprint density at radius 3 is 2.53 bits per heavy atom. The fourth-order valence-electron chi connectivity index (χ4n) is 2.58. The van der Waals surface area contributed by atoms with Gasteiger partial charge in [0.15, 0.2) is 0 Å². The van der Waals surface area contributed by atoms with Crippen LogP contribution in [0.5, 0.6) is 0 Å². The molecule has 1 heterocycles. The summed E-state index contributed by atoms with van der Waals surface area (Å²) in [6.07, 6.45) is 5.49. The average molecular weight is 232 g/mol. The summed E-state index contributed by atoms with van der Waals surface area (Å²) < 4.78 is 0. The van der Waals surface area contributed by atoms with E-state index in [9.17, 15) is 0 Å². The summed E-state index contributed by atoms with van der Waals surface area (Å²) in [6, 6.07) is 9.47. The van der Waals surface area contributed by atoms with E-state index in [1.54, 1.807) is 0 Å². The predicted molar refractivity (Wildman–Crippen MR) is 72.7 cm³/mol. The van der Waals surface area contributed by atoms with Crippen LogP contribution in [0.15, 0.2) is 24.3 Å². The number of rotatable bonds is 3. The van der Waals surface area contributed by atoms with E-state index in [0.717, 1.165) is 12.6 Å². The van der Waals surface area contributed by atoms with E-state index >= 15 is 0 Å². The topological polar surface area (TPSA) is 29.3 Å². The highest BCUT2D eigenvalue weighted by Crippen LogP contribution is 2.19. The first-order valence-corrected chi connectivity index (χ1v) is 6.81. The monoisotopic (exact) mass is 232 g/mol. The van der Waals surface area contributed by atoms with Crippen LogP contribution in [-0.2, 0) is 13.1 Å². The minimum absolute atomic E-state index is 0.639. The molecule has 17 heavy (non-hydrogen) atoms. The molecule has 0 radical (unpaired) electrons. The Kier molecular flexibility index (Phi) is 4.57. The van der Waals surface area contributed by atoms with Gasteiger partial charge in [0.1, 0.15) is 0 Å². The maximum Gasteiger partial charge on any atom is 0.0236 e. The van der Waals surface area contributed by atoms with Crippen LogP contribution >= 0.6 is 0 Å². The number of likely N-dealkylation sites (tertiary alicyclic amines) is 1. The molecule has 0 spiro atoms. The Morgan fingerprint density at radius 2 is 1.82 bits per heavy atom. The van der Waals surface area contributed by atoms with Crippen LogP contribution in [0.1, 0.15) is 43.7 Å². The molecule has 2 N–H and O–H groups in total. The summed E-state index contributed by atoms with van der Waals surface area (Å²) >= 11 is 0. The van der Waals surface area contributed by atoms with Crippen LogP contribution in [0.25, 0.3) is 0 Å². The SMILES string of the molecule is CC1CCCCCN1Cc1ccc(CN)cc1. The van der Waals surface area contributed by atoms with Gasteiger partial charge in [0.25, 0.3) is 0 Å². The maximum absolute atomic E-state index is 5.62. The third-order valence-electron chi connectivity index (χ3n) is 3.83. The molecule has 1 aromatic rings. The van der Waals surface area contributed by atoms with Crippen LogP contribution in [-0.4, -0.2) is 17.5 Å². The van der Waals surface area contributed by atoms with E-state index in [0.29, 0.717) is 6.54 Å². The highest BCUT2D eigenvalue weighted by Gasteiger charge is 2.16. The highest BCUT2D eigenvalue weighted by atomic mass is 15.1. The van der Waals surface area contributed by atoms with E-state index in [1.165, 1.54) is 43.4 Å². The summed E-state index contributed by atoms with van der Waals surface area (Å²) in [7, 11) is 0. The van der Waals surface area contributed by atoms with Crippen LogP contribution in [0, 0.1) is 0 Å². The van der Waals surface area contributed by atoms with Gasteiger partial charge in [-0.3, -0.25) is 4.90 Å². The molecule has 0 aliphatic carbocycles. The molecule has 1 unspecified atom stereocenters. The van der Waals surface area contributed by atoms with E-state index in [2.05, 4.69) is 36.1 Å². The van der Waals surface area contributed by atoms with E-state index in [-0.39, 0.29) is 0 Å². The zero-order valence-electron chi connectivity index (χ0n) is 10.9. The molecule has 1 fully saturated rings. The average Bonchev–Trinajstić information content (AvgIpc) is 2.56. The Bertz CT molecular complexity index is 331. The predicted octanol–water partition coefficient (Wildman–Crippen LogP) is 2.91. The second-order valence-corrected chi connectivity index (χ2v) is 5.19. The van der Waals surface area contributed by atoms with E-state index in [4.69, 9.17) is 5.73 Å². The standard InChI is InChI=1S/C15H24N2/c1-13-5-3-2-4-10-17(13)12-15-8-6-14(11-16)7-9-15/h6-9,13H,2-5,10-12,16H2,1H3.